The van der Waals surface area contributed by atoms with E-state index in [1.807, 2.05) is 0 Å². The SMILES string of the molecule is N#CCC(=O)Nc1ccc(OC(F)(F)F)cc1Br. The average Bonchev–Trinajstić information content (AvgIpc) is 2.20. The predicted molar refractivity (Wildman–Crippen MR) is 59.7 cm³/mol. The molecule has 18 heavy (non-hydrogen) atoms. The third kappa shape index (κ3) is 4.63. The quantitative estimate of drug-likeness (QED) is 0.929. The molecule has 0 aliphatic rings. The van der Waals surface area contributed by atoms with E-state index in [2.05, 4.69) is 26.0 Å². The van der Waals surface area contributed by atoms with Crippen LogP contribution in [0.1, 0.15) is 6.42 Å². The molecule has 8 heteroatoms. The lowest BCUT2D eigenvalue weighted by Crippen LogP contribution is -2.17. The molecule has 1 N–H and O–H groups in total. The molecule has 0 saturated heterocycles. The molecule has 0 spiro atoms. The monoisotopic (exact) mass is 322 g/mol. The first-order chi connectivity index (χ1) is 8.31. The minimum Gasteiger partial charge on any atom is -0.406 e. The van der Waals surface area contributed by atoms with Crippen LogP contribution < -0.4 is 10.1 Å². The second kappa shape index (κ2) is 5.73. The third-order valence-corrected chi connectivity index (χ3v) is 2.34. The number of hydrogen-bond donors (Lipinski definition) is 1. The number of nitrogens with one attached hydrogen (secondary N) is 1. The number of anilines is 1. The maximum atomic E-state index is 11.9. The lowest BCUT2D eigenvalue weighted by molar-refractivity contribution is -0.274. The number of alkyl halides is 3. The highest BCUT2D eigenvalue weighted by Crippen LogP contribution is 2.30. The zero-order valence-corrected chi connectivity index (χ0v) is 10.3. The molecule has 4 nitrogen and oxygen atoms in total. The third-order valence-electron chi connectivity index (χ3n) is 1.69. The summed E-state index contributed by atoms with van der Waals surface area (Å²) >= 11 is 2.99. The number of hydrogen-bond acceptors (Lipinski definition) is 3. The van der Waals surface area contributed by atoms with Crippen LogP contribution in [0.5, 0.6) is 5.75 Å². The second-order valence-corrected chi connectivity index (χ2v) is 3.93. The number of carbonyl (C=O) groups excluding carboxylic acids is 1. The summed E-state index contributed by atoms with van der Waals surface area (Å²) in [5.74, 6) is -0.963. The van der Waals surface area contributed by atoms with Gasteiger partial charge >= 0.3 is 6.36 Å². The molecule has 0 heterocycles. The maximum Gasteiger partial charge on any atom is 0.573 e. The first-order valence-electron chi connectivity index (χ1n) is 4.54. The van der Waals surface area contributed by atoms with Crippen molar-refractivity contribution in [1.29, 1.82) is 5.26 Å². The van der Waals surface area contributed by atoms with Gasteiger partial charge in [0.1, 0.15) is 12.2 Å². The van der Waals surface area contributed by atoms with E-state index >= 15 is 0 Å². The molecule has 0 radical (unpaired) electrons. The summed E-state index contributed by atoms with van der Waals surface area (Å²) in [6.07, 6.45) is -5.11. The molecule has 0 aromatic heterocycles. The molecular weight excluding hydrogens is 317 g/mol. The molecule has 0 saturated carbocycles. The zero-order chi connectivity index (χ0) is 13.8. The van der Waals surface area contributed by atoms with Gasteiger partial charge in [0, 0.05) is 4.47 Å². The van der Waals surface area contributed by atoms with Crippen molar-refractivity contribution in [3.63, 3.8) is 0 Å². The summed E-state index contributed by atoms with van der Waals surface area (Å²) in [4.78, 5) is 11.1. The fourth-order valence-electron chi connectivity index (χ4n) is 1.06. The number of amides is 1. The summed E-state index contributed by atoms with van der Waals surface area (Å²) in [5, 5.41) is 10.6. The Kier molecular flexibility index (Phi) is 4.55. The van der Waals surface area contributed by atoms with Gasteiger partial charge in [-0.3, -0.25) is 4.79 Å². The van der Waals surface area contributed by atoms with Gasteiger partial charge in [-0.05, 0) is 34.1 Å². The average molecular weight is 323 g/mol. The second-order valence-electron chi connectivity index (χ2n) is 3.07. The number of benzene rings is 1. The molecule has 0 aliphatic carbocycles. The molecule has 1 rings (SSSR count). The van der Waals surface area contributed by atoms with Crippen molar-refractivity contribution >= 4 is 27.5 Å². The van der Waals surface area contributed by atoms with Gasteiger partial charge in [0.05, 0.1) is 11.8 Å². The van der Waals surface area contributed by atoms with Crippen LogP contribution >= 0.6 is 15.9 Å². The van der Waals surface area contributed by atoms with Gasteiger partial charge in [-0.1, -0.05) is 0 Å². The fourth-order valence-corrected chi connectivity index (χ4v) is 1.52. The van der Waals surface area contributed by atoms with Crippen LogP contribution in [0.4, 0.5) is 18.9 Å². The van der Waals surface area contributed by atoms with Crippen molar-refractivity contribution in [2.24, 2.45) is 0 Å². The van der Waals surface area contributed by atoms with Crippen molar-refractivity contribution in [3.8, 4) is 11.8 Å². The van der Waals surface area contributed by atoms with E-state index < -0.39 is 18.0 Å². The van der Waals surface area contributed by atoms with E-state index in [0.717, 1.165) is 12.1 Å². The molecule has 0 bridgehead atoms. The van der Waals surface area contributed by atoms with Gasteiger partial charge < -0.3 is 10.1 Å². The number of nitrogens with zero attached hydrogens (tertiary/aromatic N) is 1. The van der Waals surface area contributed by atoms with Gasteiger partial charge in [-0.2, -0.15) is 5.26 Å². The van der Waals surface area contributed by atoms with Gasteiger partial charge in [-0.15, -0.1) is 13.2 Å². The van der Waals surface area contributed by atoms with Crippen molar-refractivity contribution < 1.29 is 22.7 Å². The Morgan fingerprint density at radius 2 is 2.17 bits per heavy atom. The lowest BCUT2D eigenvalue weighted by Gasteiger charge is -2.11. The van der Waals surface area contributed by atoms with Crippen LogP contribution in [-0.2, 0) is 4.79 Å². The lowest BCUT2D eigenvalue weighted by atomic mass is 10.3. The van der Waals surface area contributed by atoms with Crippen molar-refractivity contribution in [3.05, 3.63) is 22.7 Å². The molecule has 1 aromatic carbocycles. The highest BCUT2D eigenvalue weighted by Gasteiger charge is 2.31. The molecule has 0 aliphatic heterocycles. The number of halogens is 4. The topological polar surface area (TPSA) is 62.1 Å². The van der Waals surface area contributed by atoms with E-state index in [9.17, 15) is 18.0 Å². The Hall–Kier alpha value is -1.75. The van der Waals surface area contributed by atoms with E-state index in [1.54, 1.807) is 6.07 Å². The molecule has 1 amide bonds. The Morgan fingerprint density at radius 3 is 2.67 bits per heavy atom. The van der Waals surface area contributed by atoms with Crippen LogP contribution in [-0.4, -0.2) is 12.3 Å². The van der Waals surface area contributed by atoms with Gasteiger partial charge in [0.2, 0.25) is 5.91 Å². The molecule has 96 valence electrons. The standard InChI is InChI=1S/C10H6BrF3N2O2/c11-7-5-6(18-10(12,13)14)1-2-8(7)16-9(17)3-4-15/h1-2,5H,3H2,(H,16,17). The minimum atomic E-state index is -4.77. The summed E-state index contributed by atoms with van der Waals surface area (Å²) in [7, 11) is 0. The Bertz CT molecular complexity index is 497. The predicted octanol–water partition coefficient (Wildman–Crippen LogP) is 3.20. The summed E-state index contributed by atoms with van der Waals surface area (Å²) < 4.78 is 39.7. The van der Waals surface area contributed by atoms with Gasteiger partial charge in [0.25, 0.3) is 0 Å². The van der Waals surface area contributed by atoms with Gasteiger partial charge in [0.15, 0.2) is 0 Å². The maximum absolute atomic E-state index is 11.9. The summed E-state index contributed by atoms with van der Waals surface area (Å²) in [6.45, 7) is 0. The largest absolute Gasteiger partial charge is 0.573 e. The minimum absolute atomic E-state index is 0.218. The van der Waals surface area contributed by atoms with E-state index in [4.69, 9.17) is 5.26 Å². The zero-order valence-electron chi connectivity index (χ0n) is 8.71. The highest BCUT2D eigenvalue weighted by atomic mass is 79.9. The fraction of sp³-hybridized carbons (Fsp3) is 0.200. The number of carbonyl (C=O) groups is 1. The summed E-state index contributed by atoms with van der Waals surface area (Å²) in [6, 6.07) is 5.01. The van der Waals surface area contributed by atoms with Crippen LogP contribution in [0.2, 0.25) is 0 Å². The van der Waals surface area contributed by atoms with Crippen molar-refractivity contribution in [1.82, 2.24) is 0 Å². The van der Waals surface area contributed by atoms with E-state index in [1.165, 1.54) is 6.07 Å². The molecular formula is C10H6BrF3N2O2. The van der Waals surface area contributed by atoms with Crippen molar-refractivity contribution in [2.75, 3.05) is 5.32 Å². The Labute approximate surface area is 108 Å². The summed E-state index contributed by atoms with van der Waals surface area (Å²) in [5.41, 5.74) is 0.254. The smallest absolute Gasteiger partial charge is 0.406 e. The first kappa shape index (κ1) is 14.3. The van der Waals surface area contributed by atoms with Crippen LogP contribution in [0, 0.1) is 11.3 Å². The van der Waals surface area contributed by atoms with E-state index in [-0.39, 0.29) is 16.6 Å². The number of ether oxygens (including phenoxy) is 1. The highest BCUT2D eigenvalue weighted by molar-refractivity contribution is 9.10. The van der Waals surface area contributed by atoms with Gasteiger partial charge in [-0.25, -0.2) is 0 Å². The van der Waals surface area contributed by atoms with Crippen LogP contribution in [0.3, 0.4) is 0 Å². The Morgan fingerprint density at radius 1 is 1.50 bits per heavy atom. The number of rotatable bonds is 3. The number of nitriles is 1. The Balaban J connectivity index is 2.80. The van der Waals surface area contributed by atoms with Crippen molar-refractivity contribution in [2.45, 2.75) is 12.8 Å². The molecule has 0 fully saturated rings. The van der Waals surface area contributed by atoms with Crippen LogP contribution in [0.15, 0.2) is 22.7 Å². The molecule has 0 atom stereocenters. The molecule has 0 unspecified atom stereocenters. The first-order valence-corrected chi connectivity index (χ1v) is 5.33. The van der Waals surface area contributed by atoms with E-state index in [0.29, 0.717) is 0 Å². The van der Waals surface area contributed by atoms with Crippen LogP contribution in [0.25, 0.3) is 0 Å². The normalized spacial score (nSPS) is 10.6. The molecule has 1 aromatic rings.